The lowest BCUT2D eigenvalue weighted by molar-refractivity contribution is -0.149. The summed E-state index contributed by atoms with van der Waals surface area (Å²) in [6.45, 7) is 4.30. The van der Waals surface area contributed by atoms with Crippen molar-refractivity contribution in [2.75, 3.05) is 18.1 Å². The monoisotopic (exact) mass is 244 g/mol. The van der Waals surface area contributed by atoms with Crippen molar-refractivity contribution in [3.05, 3.63) is 0 Å². The quantitative estimate of drug-likeness (QED) is 0.564. The maximum atomic E-state index is 12.0. The highest BCUT2D eigenvalue weighted by Crippen LogP contribution is 2.57. The summed E-state index contributed by atoms with van der Waals surface area (Å²) >= 11 is 1.96. The lowest BCUT2D eigenvalue weighted by Gasteiger charge is -2.15. The molecule has 2 heterocycles. The van der Waals surface area contributed by atoms with Gasteiger partial charge in [-0.3, -0.25) is 0 Å². The van der Waals surface area contributed by atoms with E-state index in [1.807, 2.05) is 25.6 Å². The number of thioether (sulfide) groups is 1. The number of hydrogen-bond acceptors (Lipinski definition) is 4. The van der Waals surface area contributed by atoms with Gasteiger partial charge in [-0.05, 0) is 44.1 Å². The standard InChI is InChI=1S/C12H20O3S/c1-3-12(10(13)14-4-2)11(15-12)6-5-8-16-9-7-11/h3-9H2,1-2H3. The number of ether oxygens (including phenoxy) is 2. The van der Waals surface area contributed by atoms with Crippen LogP contribution in [0.2, 0.25) is 0 Å². The van der Waals surface area contributed by atoms with Crippen molar-refractivity contribution in [1.82, 2.24) is 0 Å². The van der Waals surface area contributed by atoms with E-state index in [9.17, 15) is 4.79 Å². The van der Waals surface area contributed by atoms with Crippen molar-refractivity contribution in [1.29, 1.82) is 0 Å². The van der Waals surface area contributed by atoms with Crippen LogP contribution in [0.15, 0.2) is 0 Å². The normalized spacial score (nSPS) is 38.1. The van der Waals surface area contributed by atoms with Gasteiger partial charge in [0.15, 0.2) is 5.60 Å². The molecule has 3 nitrogen and oxygen atoms in total. The minimum absolute atomic E-state index is 0.149. The van der Waals surface area contributed by atoms with E-state index >= 15 is 0 Å². The van der Waals surface area contributed by atoms with Gasteiger partial charge in [0.25, 0.3) is 0 Å². The molecule has 2 aliphatic heterocycles. The fourth-order valence-corrected chi connectivity index (χ4v) is 3.78. The zero-order valence-electron chi connectivity index (χ0n) is 10.1. The first-order valence-corrected chi connectivity index (χ1v) is 7.31. The Kier molecular flexibility index (Phi) is 3.50. The Bertz CT molecular complexity index is 271. The Morgan fingerprint density at radius 1 is 1.38 bits per heavy atom. The molecule has 16 heavy (non-hydrogen) atoms. The number of esters is 1. The third-order valence-corrected chi connectivity index (χ3v) is 4.76. The van der Waals surface area contributed by atoms with Crippen LogP contribution in [0, 0.1) is 0 Å². The molecular formula is C12H20O3S. The fourth-order valence-electron chi connectivity index (χ4n) is 2.75. The topological polar surface area (TPSA) is 38.8 Å². The van der Waals surface area contributed by atoms with Gasteiger partial charge in [0.2, 0.25) is 0 Å². The van der Waals surface area contributed by atoms with Gasteiger partial charge < -0.3 is 9.47 Å². The Hall–Kier alpha value is -0.220. The summed E-state index contributed by atoms with van der Waals surface area (Å²) in [4.78, 5) is 12.0. The highest BCUT2D eigenvalue weighted by atomic mass is 32.2. The highest BCUT2D eigenvalue weighted by Gasteiger charge is 2.73. The van der Waals surface area contributed by atoms with Crippen LogP contribution >= 0.6 is 11.8 Å². The summed E-state index contributed by atoms with van der Waals surface area (Å²) in [5.41, 5.74) is -0.814. The molecule has 4 heteroatoms. The third kappa shape index (κ3) is 1.76. The molecule has 1 spiro atoms. The van der Waals surface area contributed by atoms with Crippen LogP contribution in [-0.2, 0) is 14.3 Å². The maximum Gasteiger partial charge on any atom is 0.341 e. The van der Waals surface area contributed by atoms with E-state index in [0.29, 0.717) is 6.61 Å². The molecular weight excluding hydrogens is 224 g/mol. The van der Waals surface area contributed by atoms with E-state index in [0.717, 1.165) is 31.4 Å². The molecule has 0 bridgehead atoms. The van der Waals surface area contributed by atoms with Gasteiger partial charge in [-0.15, -0.1) is 0 Å². The summed E-state index contributed by atoms with van der Waals surface area (Å²) in [5.74, 6) is 2.14. The average molecular weight is 244 g/mol. The van der Waals surface area contributed by atoms with Gasteiger partial charge in [0.05, 0.1) is 6.61 Å². The lowest BCUT2D eigenvalue weighted by atomic mass is 9.85. The van der Waals surface area contributed by atoms with Crippen molar-refractivity contribution in [2.45, 2.75) is 50.7 Å². The van der Waals surface area contributed by atoms with E-state index in [-0.39, 0.29) is 11.6 Å². The van der Waals surface area contributed by atoms with Crippen molar-refractivity contribution in [3.8, 4) is 0 Å². The second kappa shape index (κ2) is 4.57. The van der Waals surface area contributed by atoms with E-state index in [4.69, 9.17) is 9.47 Å². The second-order valence-corrected chi connectivity index (χ2v) is 5.69. The van der Waals surface area contributed by atoms with Crippen LogP contribution in [0.1, 0.15) is 39.5 Å². The van der Waals surface area contributed by atoms with E-state index in [2.05, 4.69) is 0 Å². The Balaban J connectivity index is 2.10. The first kappa shape index (κ1) is 12.2. The summed E-state index contributed by atoms with van der Waals surface area (Å²) < 4.78 is 11.0. The van der Waals surface area contributed by atoms with Gasteiger partial charge in [-0.1, -0.05) is 6.92 Å². The highest BCUT2D eigenvalue weighted by molar-refractivity contribution is 7.99. The van der Waals surface area contributed by atoms with Gasteiger partial charge in [-0.2, -0.15) is 11.8 Å². The lowest BCUT2D eigenvalue weighted by Crippen LogP contribution is -2.35. The molecule has 0 saturated carbocycles. The fraction of sp³-hybridized carbons (Fsp3) is 0.917. The average Bonchev–Trinajstić information content (AvgIpc) is 2.99. The van der Waals surface area contributed by atoms with Crippen LogP contribution in [0.25, 0.3) is 0 Å². The van der Waals surface area contributed by atoms with Gasteiger partial charge in [0.1, 0.15) is 5.60 Å². The largest absolute Gasteiger partial charge is 0.464 e. The molecule has 2 saturated heterocycles. The maximum absolute atomic E-state index is 12.0. The smallest absolute Gasteiger partial charge is 0.341 e. The molecule has 2 aliphatic rings. The number of hydrogen-bond donors (Lipinski definition) is 0. The molecule has 0 aliphatic carbocycles. The number of carbonyl (C=O) groups excluding carboxylic acids is 1. The van der Waals surface area contributed by atoms with Gasteiger partial charge in [-0.25, -0.2) is 4.79 Å². The zero-order chi connectivity index (χ0) is 11.6. The minimum Gasteiger partial charge on any atom is -0.464 e. The SMILES string of the molecule is CCOC(=O)C1(CC)OC12CCCSCC2. The molecule has 92 valence electrons. The molecule has 0 amide bonds. The summed E-state index contributed by atoms with van der Waals surface area (Å²) in [6, 6.07) is 0. The van der Waals surface area contributed by atoms with Crippen molar-refractivity contribution in [2.24, 2.45) is 0 Å². The van der Waals surface area contributed by atoms with E-state index < -0.39 is 5.60 Å². The molecule has 0 aromatic carbocycles. The Morgan fingerprint density at radius 3 is 2.88 bits per heavy atom. The number of epoxide rings is 1. The van der Waals surface area contributed by atoms with Gasteiger partial charge >= 0.3 is 5.97 Å². The molecule has 2 atom stereocenters. The summed E-state index contributed by atoms with van der Waals surface area (Å²) in [7, 11) is 0. The Labute approximate surface area is 101 Å². The Morgan fingerprint density at radius 2 is 2.19 bits per heavy atom. The van der Waals surface area contributed by atoms with Crippen LogP contribution in [0.5, 0.6) is 0 Å². The number of rotatable bonds is 3. The predicted molar refractivity (Wildman–Crippen MR) is 64.6 cm³/mol. The van der Waals surface area contributed by atoms with Crippen molar-refractivity contribution < 1.29 is 14.3 Å². The van der Waals surface area contributed by atoms with Crippen LogP contribution in [-0.4, -0.2) is 35.3 Å². The molecule has 2 fully saturated rings. The van der Waals surface area contributed by atoms with Gasteiger partial charge in [0, 0.05) is 0 Å². The van der Waals surface area contributed by atoms with Crippen molar-refractivity contribution >= 4 is 17.7 Å². The molecule has 2 unspecified atom stereocenters. The first-order chi connectivity index (χ1) is 7.71. The van der Waals surface area contributed by atoms with Crippen molar-refractivity contribution in [3.63, 3.8) is 0 Å². The molecule has 0 aromatic heterocycles. The second-order valence-electron chi connectivity index (χ2n) is 4.46. The summed E-state index contributed by atoms with van der Waals surface area (Å²) in [5, 5.41) is 0. The minimum atomic E-state index is -0.617. The predicted octanol–water partition coefficient (Wildman–Crippen LogP) is 2.38. The third-order valence-electron chi connectivity index (χ3n) is 3.69. The van der Waals surface area contributed by atoms with E-state index in [1.54, 1.807) is 0 Å². The molecule has 0 N–H and O–H groups in total. The van der Waals surface area contributed by atoms with Crippen LogP contribution in [0.3, 0.4) is 0 Å². The first-order valence-electron chi connectivity index (χ1n) is 6.16. The van der Waals surface area contributed by atoms with Crippen LogP contribution in [0.4, 0.5) is 0 Å². The van der Waals surface area contributed by atoms with E-state index in [1.165, 1.54) is 5.75 Å². The summed E-state index contributed by atoms with van der Waals surface area (Å²) in [6.07, 6.45) is 3.87. The number of carbonyl (C=O) groups is 1. The molecule has 2 rings (SSSR count). The molecule has 0 aromatic rings. The zero-order valence-corrected chi connectivity index (χ0v) is 10.9. The van der Waals surface area contributed by atoms with Crippen LogP contribution < -0.4 is 0 Å². The molecule has 0 radical (unpaired) electrons.